The van der Waals surface area contributed by atoms with Gasteiger partial charge in [-0.2, -0.15) is 0 Å². The molecule has 1 unspecified atom stereocenters. The molecular formula is C9H22OS. The molecule has 0 aromatic heterocycles. The van der Waals surface area contributed by atoms with Gasteiger partial charge in [0.15, 0.2) is 0 Å². The highest BCUT2D eigenvalue weighted by Gasteiger charge is 2.14. The van der Waals surface area contributed by atoms with Gasteiger partial charge in [-0.1, -0.05) is 20.3 Å². The molecule has 0 aromatic rings. The van der Waals surface area contributed by atoms with Crippen LogP contribution in [0.5, 0.6) is 0 Å². The lowest BCUT2D eigenvalue weighted by molar-refractivity contribution is 0.465. The van der Waals surface area contributed by atoms with Crippen molar-refractivity contribution in [3.8, 4) is 0 Å². The summed E-state index contributed by atoms with van der Waals surface area (Å²) in [5, 5.41) is 0. The van der Waals surface area contributed by atoms with Crippen molar-refractivity contribution < 1.29 is 4.18 Å². The Bertz CT molecular complexity index is 95.6. The zero-order chi connectivity index (χ0) is 8.74. The topological polar surface area (TPSA) is 9.23 Å². The fourth-order valence-corrected chi connectivity index (χ4v) is 3.45. The first-order valence-electron chi connectivity index (χ1n) is 4.47. The van der Waals surface area contributed by atoms with Gasteiger partial charge in [-0.15, -0.1) is 10.3 Å². The summed E-state index contributed by atoms with van der Waals surface area (Å²) in [6, 6.07) is 0. The summed E-state index contributed by atoms with van der Waals surface area (Å²) in [6.45, 7) is 4.47. The molecule has 0 saturated heterocycles. The third kappa shape index (κ3) is 4.70. The highest BCUT2D eigenvalue weighted by Crippen LogP contribution is 2.45. The lowest BCUT2D eigenvalue weighted by atomic mass is 10.4. The predicted molar refractivity (Wildman–Crippen MR) is 55.5 cm³/mol. The Kier molecular flexibility index (Phi) is 6.06. The van der Waals surface area contributed by atoms with E-state index >= 15 is 0 Å². The van der Waals surface area contributed by atoms with Gasteiger partial charge in [-0.25, -0.2) is 0 Å². The molecule has 0 rings (SSSR count). The van der Waals surface area contributed by atoms with E-state index in [9.17, 15) is 0 Å². The Morgan fingerprint density at radius 2 is 1.73 bits per heavy atom. The monoisotopic (exact) mass is 178 g/mol. The average molecular weight is 178 g/mol. The summed E-state index contributed by atoms with van der Waals surface area (Å²) in [5.74, 6) is 2.55. The summed E-state index contributed by atoms with van der Waals surface area (Å²) in [5.41, 5.74) is 0. The number of unbranched alkanes of at least 4 members (excludes halogenated alkanes) is 1. The standard InChI is InChI=1S/C9H22OS/c1-5-7-9-11(4,10-3)8-6-2/h5-9H2,1-4H3. The Balaban J connectivity index is 3.68. The molecule has 2 heteroatoms. The summed E-state index contributed by atoms with van der Waals surface area (Å²) in [7, 11) is 1.17. The van der Waals surface area contributed by atoms with Crippen LogP contribution >= 0.6 is 10.3 Å². The van der Waals surface area contributed by atoms with Crippen LogP contribution in [0.4, 0.5) is 0 Å². The molecule has 70 valence electrons. The van der Waals surface area contributed by atoms with Crippen LogP contribution in [-0.4, -0.2) is 24.9 Å². The SMILES string of the molecule is CCCCS(C)(CCC)OC. The maximum atomic E-state index is 5.56. The predicted octanol–water partition coefficient (Wildman–Crippen LogP) is 3.19. The van der Waals surface area contributed by atoms with Crippen LogP contribution in [0.15, 0.2) is 0 Å². The Morgan fingerprint density at radius 1 is 1.09 bits per heavy atom. The zero-order valence-electron chi connectivity index (χ0n) is 8.35. The van der Waals surface area contributed by atoms with E-state index in [1.807, 2.05) is 7.11 Å². The van der Waals surface area contributed by atoms with Crippen molar-refractivity contribution in [1.29, 1.82) is 0 Å². The molecule has 0 N–H and O–H groups in total. The minimum atomic E-state index is -0.689. The van der Waals surface area contributed by atoms with Gasteiger partial charge < -0.3 is 4.18 Å². The first-order valence-corrected chi connectivity index (χ1v) is 6.78. The Hall–Kier alpha value is 0.310. The third-order valence-corrected chi connectivity index (χ3v) is 5.20. The molecule has 0 radical (unpaired) electrons. The Morgan fingerprint density at radius 3 is 2.09 bits per heavy atom. The molecule has 0 amide bonds. The van der Waals surface area contributed by atoms with Crippen molar-refractivity contribution in [3.63, 3.8) is 0 Å². The fourth-order valence-electron chi connectivity index (χ4n) is 1.15. The van der Waals surface area contributed by atoms with Gasteiger partial charge in [0, 0.05) is 7.11 Å². The van der Waals surface area contributed by atoms with Gasteiger partial charge in [-0.3, -0.25) is 0 Å². The Labute approximate surface area is 73.0 Å². The normalized spacial score (nSPS) is 19.3. The highest BCUT2D eigenvalue weighted by atomic mass is 32.3. The maximum absolute atomic E-state index is 5.56. The van der Waals surface area contributed by atoms with Gasteiger partial charge in [-0.05, 0) is 30.6 Å². The molecule has 0 spiro atoms. The second-order valence-electron chi connectivity index (χ2n) is 3.11. The molecule has 1 atom stereocenters. The summed E-state index contributed by atoms with van der Waals surface area (Å²) in [4.78, 5) is 0. The van der Waals surface area contributed by atoms with E-state index in [0.29, 0.717) is 0 Å². The second-order valence-corrected chi connectivity index (χ2v) is 6.63. The van der Waals surface area contributed by atoms with Crippen molar-refractivity contribution >= 4 is 10.3 Å². The van der Waals surface area contributed by atoms with Gasteiger partial charge in [0.2, 0.25) is 0 Å². The van der Waals surface area contributed by atoms with Gasteiger partial charge in [0.05, 0.1) is 0 Å². The molecule has 0 aromatic carbocycles. The molecule has 0 fully saturated rings. The summed E-state index contributed by atoms with van der Waals surface area (Å²) < 4.78 is 5.56. The van der Waals surface area contributed by atoms with Gasteiger partial charge >= 0.3 is 0 Å². The van der Waals surface area contributed by atoms with Crippen LogP contribution in [-0.2, 0) is 4.18 Å². The fraction of sp³-hybridized carbons (Fsp3) is 1.00. The van der Waals surface area contributed by atoms with Crippen LogP contribution < -0.4 is 0 Å². The molecule has 0 aliphatic heterocycles. The molecule has 1 nitrogen and oxygen atoms in total. The highest BCUT2D eigenvalue weighted by molar-refractivity contribution is 8.29. The van der Waals surface area contributed by atoms with E-state index in [1.54, 1.807) is 0 Å². The first kappa shape index (κ1) is 11.3. The minimum absolute atomic E-state index is 0.689. The van der Waals surface area contributed by atoms with Crippen molar-refractivity contribution in [2.24, 2.45) is 0 Å². The minimum Gasteiger partial charge on any atom is -0.340 e. The zero-order valence-corrected chi connectivity index (χ0v) is 9.17. The van der Waals surface area contributed by atoms with E-state index in [1.165, 1.54) is 30.8 Å². The van der Waals surface area contributed by atoms with E-state index < -0.39 is 10.3 Å². The van der Waals surface area contributed by atoms with Crippen LogP contribution in [0.2, 0.25) is 0 Å². The lowest BCUT2D eigenvalue weighted by Gasteiger charge is -2.33. The number of hydrogen-bond acceptors (Lipinski definition) is 1. The largest absolute Gasteiger partial charge is 0.340 e. The summed E-state index contributed by atoms with van der Waals surface area (Å²) in [6.07, 6.45) is 6.16. The van der Waals surface area contributed by atoms with Crippen molar-refractivity contribution in [1.82, 2.24) is 0 Å². The lowest BCUT2D eigenvalue weighted by Crippen LogP contribution is -2.09. The van der Waals surface area contributed by atoms with Crippen LogP contribution in [0.3, 0.4) is 0 Å². The number of rotatable bonds is 6. The van der Waals surface area contributed by atoms with E-state index in [4.69, 9.17) is 4.18 Å². The van der Waals surface area contributed by atoms with E-state index in [2.05, 4.69) is 20.1 Å². The first-order chi connectivity index (χ1) is 5.18. The van der Waals surface area contributed by atoms with E-state index in [0.717, 1.165) is 0 Å². The van der Waals surface area contributed by atoms with Crippen molar-refractivity contribution in [2.75, 3.05) is 24.9 Å². The molecule has 0 aliphatic carbocycles. The number of hydrogen-bond donors (Lipinski definition) is 0. The molecule has 0 aliphatic rings. The summed E-state index contributed by atoms with van der Waals surface area (Å²) >= 11 is 0. The van der Waals surface area contributed by atoms with Crippen LogP contribution in [0, 0.1) is 0 Å². The van der Waals surface area contributed by atoms with Crippen LogP contribution in [0.25, 0.3) is 0 Å². The van der Waals surface area contributed by atoms with Crippen molar-refractivity contribution in [2.45, 2.75) is 33.1 Å². The van der Waals surface area contributed by atoms with Crippen LogP contribution in [0.1, 0.15) is 33.1 Å². The molecular weight excluding hydrogens is 156 g/mol. The third-order valence-electron chi connectivity index (χ3n) is 1.97. The van der Waals surface area contributed by atoms with Gasteiger partial charge in [0.25, 0.3) is 0 Å². The quantitative estimate of drug-likeness (QED) is 0.607. The molecule has 0 saturated carbocycles. The van der Waals surface area contributed by atoms with Crippen molar-refractivity contribution in [3.05, 3.63) is 0 Å². The average Bonchev–Trinajstić information content (AvgIpc) is 2.02. The maximum Gasteiger partial charge on any atom is 0.0481 e. The second kappa shape index (κ2) is 5.90. The molecule has 0 heterocycles. The molecule has 11 heavy (non-hydrogen) atoms. The smallest absolute Gasteiger partial charge is 0.0481 e. The van der Waals surface area contributed by atoms with Gasteiger partial charge in [0.1, 0.15) is 0 Å². The molecule has 0 bridgehead atoms. The van der Waals surface area contributed by atoms with E-state index in [-0.39, 0.29) is 0 Å².